The van der Waals surface area contributed by atoms with Gasteiger partial charge in [0, 0.05) is 25.3 Å². The topological polar surface area (TPSA) is 63.2 Å². The molecule has 120 valence electrons. The smallest absolute Gasteiger partial charge is 0.319 e. The number of anilines is 1. The van der Waals surface area contributed by atoms with Crippen molar-refractivity contribution < 1.29 is 9.53 Å². The van der Waals surface area contributed by atoms with Crippen LogP contribution >= 0.6 is 0 Å². The highest BCUT2D eigenvalue weighted by molar-refractivity contribution is 5.89. The Hall–Kier alpha value is -2.40. The summed E-state index contributed by atoms with van der Waals surface area (Å²) in [6.07, 6.45) is 4.36. The Balaban J connectivity index is 1.55. The maximum Gasteiger partial charge on any atom is 0.319 e. The van der Waals surface area contributed by atoms with Crippen molar-refractivity contribution >= 4 is 11.7 Å². The molecule has 2 atom stereocenters. The van der Waals surface area contributed by atoms with Crippen LogP contribution in [0.2, 0.25) is 0 Å². The van der Waals surface area contributed by atoms with Crippen LogP contribution in [0.4, 0.5) is 10.5 Å². The predicted octanol–water partition coefficient (Wildman–Crippen LogP) is 3.29. The van der Waals surface area contributed by atoms with Gasteiger partial charge in [-0.15, -0.1) is 0 Å². The number of rotatable bonds is 4. The van der Waals surface area contributed by atoms with E-state index in [4.69, 9.17) is 4.74 Å². The molecule has 3 rings (SSSR count). The SMILES string of the molecule is Cc1ccncc1NC(=O)NC[C@H]1CCO[C@@H]1c1ccccc1. The molecular weight excluding hydrogens is 290 g/mol. The summed E-state index contributed by atoms with van der Waals surface area (Å²) in [7, 11) is 0. The van der Waals surface area contributed by atoms with E-state index in [9.17, 15) is 4.79 Å². The van der Waals surface area contributed by atoms with Crippen LogP contribution in [0.25, 0.3) is 0 Å². The molecule has 0 unspecified atom stereocenters. The van der Waals surface area contributed by atoms with E-state index in [1.165, 1.54) is 5.56 Å². The van der Waals surface area contributed by atoms with Crippen molar-refractivity contribution in [2.75, 3.05) is 18.5 Å². The zero-order chi connectivity index (χ0) is 16.1. The van der Waals surface area contributed by atoms with Gasteiger partial charge in [0.2, 0.25) is 0 Å². The molecule has 2 heterocycles. The van der Waals surface area contributed by atoms with E-state index < -0.39 is 0 Å². The van der Waals surface area contributed by atoms with Crippen LogP contribution in [-0.2, 0) is 4.74 Å². The highest BCUT2D eigenvalue weighted by Gasteiger charge is 2.29. The zero-order valence-electron chi connectivity index (χ0n) is 13.2. The molecule has 5 heteroatoms. The Kier molecular flexibility index (Phi) is 4.88. The number of nitrogens with one attached hydrogen (secondary N) is 2. The molecule has 5 nitrogen and oxygen atoms in total. The van der Waals surface area contributed by atoms with Crippen molar-refractivity contribution in [1.82, 2.24) is 10.3 Å². The summed E-state index contributed by atoms with van der Waals surface area (Å²) in [5, 5.41) is 5.78. The fourth-order valence-corrected chi connectivity index (χ4v) is 2.84. The molecule has 1 fully saturated rings. The van der Waals surface area contributed by atoms with Crippen LogP contribution in [0.5, 0.6) is 0 Å². The zero-order valence-corrected chi connectivity index (χ0v) is 13.2. The molecule has 0 bridgehead atoms. The van der Waals surface area contributed by atoms with Crippen LogP contribution in [-0.4, -0.2) is 24.2 Å². The Morgan fingerprint density at radius 3 is 2.91 bits per heavy atom. The third-order valence-electron chi connectivity index (χ3n) is 4.15. The summed E-state index contributed by atoms with van der Waals surface area (Å²) in [6.45, 7) is 3.26. The predicted molar refractivity (Wildman–Crippen MR) is 89.2 cm³/mol. The standard InChI is InChI=1S/C18H21N3O2/c1-13-7-9-19-12-16(13)21-18(22)20-11-15-8-10-23-17(15)14-5-3-2-4-6-14/h2-7,9,12,15,17H,8,10-11H2,1H3,(H2,20,21,22)/t15-,17-/m1/s1. The van der Waals surface area contributed by atoms with Gasteiger partial charge in [0.05, 0.1) is 18.0 Å². The first kappa shape index (κ1) is 15.5. The van der Waals surface area contributed by atoms with Crippen molar-refractivity contribution in [2.45, 2.75) is 19.4 Å². The van der Waals surface area contributed by atoms with Gasteiger partial charge in [-0.1, -0.05) is 30.3 Å². The number of benzene rings is 1. The van der Waals surface area contributed by atoms with Crippen molar-refractivity contribution in [3.8, 4) is 0 Å². The van der Waals surface area contributed by atoms with Gasteiger partial charge in [-0.05, 0) is 30.5 Å². The van der Waals surface area contributed by atoms with Crippen LogP contribution in [0.3, 0.4) is 0 Å². The number of urea groups is 1. The van der Waals surface area contributed by atoms with Gasteiger partial charge in [-0.3, -0.25) is 4.98 Å². The minimum atomic E-state index is -0.209. The number of hydrogen-bond donors (Lipinski definition) is 2. The molecule has 2 amide bonds. The van der Waals surface area contributed by atoms with Crippen LogP contribution in [0, 0.1) is 12.8 Å². The number of aromatic nitrogens is 1. The average Bonchev–Trinajstić information content (AvgIpc) is 3.04. The summed E-state index contributed by atoms with van der Waals surface area (Å²) in [5.41, 5.74) is 2.88. The van der Waals surface area contributed by atoms with Crippen molar-refractivity contribution in [3.05, 3.63) is 59.9 Å². The second-order valence-electron chi connectivity index (χ2n) is 5.78. The lowest BCUT2D eigenvalue weighted by Crippen LogP contribution is -2.34. The molecule has 0 radical (unpaired) electrons. The van der Waals surface area contributed by atoms with E-state index in [-0.39, 0.29) is 18.1 Å². The first-order chi connectivity index (χ1) is 11.2. The molecule has 2 aromatic rings. The second kappa shape index (κ2) is 7.24. The maximum atomic E-state index is 12.1. The number of hydrogen-bond acceptors (Lipinski definition) is 3. The number of aryl methyl sites for hydroxylation is 1. The third-order valence-corrected chi connectivity index (χ3v) is 4.15. The molecule has 1 aliphatic heterocycles. The average molecular weight is 311 g/mol. The van der Waals surface area contributed by atoms with Crippen molar-refractivity contribution in [2.24, 2.45) is 5.92 Å². The summed E-state index contributed by atoms with van der Waals surface area (Å²) in [6, 6.07) is 11.8. The van der Waals surface area contributed by atoms with Gasteiger partial charge in [0.1, 0.15) is 0 Å². The van der Waals surface area contributed by atoms with Crippen LogP contribution in [0.15, 0.2) is 48.8 Å². The molecule has 1 aromatic heterocycles. The summed E-state index contributed by atoms with van der Waals surface area (Å²) < 4.78 is 5.84. The molecule has 1 aromatic carbocycles. The first-order valence-corrected chi connectivity index (χ1v) is 7.86. The summed E-state index contributed by atoms with van der Waals surface area (Å²) in [4.78, 5) is 16.1. The number of nitrogens with zero attached hydrogens (tertiary/aromatic N) is 1. The molecule has 0 saturated carbocycles. The molecule has 0 aliphatic carbocycles. The lowest BCUT2D eigenvalue weighted by atomic mass is 9.95. The van der Waals surface area contributed by atoms with E-state index in [0.717, 1.165) is 24.3 Å². The van der Waals surface area contributed by atoms with Gasteiger partial charge in [-0.25, -0.2) is 4.79 Å². The summed E-state index contributed by atoms with van der Waals surface area (Å²) >= 11 is 0. The fraction of sp³-hybridized carbons (Fsp3) is 0.333. The summed E-state index contributed by atoms with van der Waals surface area (Å²) in [5.74, 6) is 0.290. The maximum absolute atomic E-state index is 12.1. The van der Waals surface area contributed by atoms with E-state index >= 15 is 0 Å². The van der Waals surface area contributed by atoms with E-state index in [1.807, 2.05) is 31.2 Å². The lowest BCUT2D eigenvalue weighted by Gasteiger charge is -2.19. The van der Waals surface area contributed by atoms with Gasteiger partial charge < -0.3 is 15.4 Å². The van der Waals surface area contributed by atoms with Gasteiger partial charge in [0.25, 0.3) is 0 Å². The number of pyridine rings is 1. The fourth-order valence-electron chi connectivity index (χ4n) is 2.84. The minimum Gasteiger partial charge on any atom is -0.373 e. The van der Waals surface area contributed by atoms with Gasteiger partial charge in [-0.2, -0.15) is 0 Å². The highest BCUT2D eigenvalue weighted by Crippen LogP contribution is 2.33. The van der Waals surface area contributed by atoms with E-state index in [0.29, 0.717) is 6.54 Å². The first-order valence-electron chi connectivity index (χ1n) is 7.86. The molecule has 2 N–H and O–H groups in total. The Bertz CT molecular complexity index is 660. The Labute approximate surface area is 136 Å². The van der Waals surface area contributed by atoms with Gasteiger partial charge >= 0.3 is 6.03 Å². The van der Waals surface area contributed by atoms with Crippen molar-refractivity contribution in [3.63, 3.8) is 0 Å². The second-order valence-corrected chi connectivity index (χ2v) is 5.78. The Morgan fingerprint density at radius 2 is 2.13 bits per heavy atom. The van der Waals surface area contributed by atoms with E-state index in [2.05, 4.69) is 27.8 Å². The monoisotopic (exact) mass is 311 g/mol. The number of carbonyl (C=O) groups is 1. The number of amides is 2. The molecule has 1 aliphatic rings. The number of carbonyl (C=O) groups excluding carboxylic acids is 1. The highest BCUT2D eigenvalue weighted by atomic mass is 16.5. The lowest BCUT2D eigenvalue weighted by molar-refractivity contribution is 0.0911. The van der Waals surface area contributed by atoms with Crippen LogP contribution in [0.1, 0.15) is 23.7 Å². The minimum absolute atomic E-state index is 0.0524. The molecule has 23 heavy (non-hydrogen) atoms. The van der Waals surface area contributed by atoms with E-state index in [1.54, 1.807) is 12.4 Å². The van der Waals surface area contributed by atoms with Crippen LogP contribution < -0.4 is 10.6 Å². The third kappa shape index (κ3) is 3.87. The quantitative estimate of drug-likeness (QED) is 0.910. The molecule has 1 saturated heterocycles. The Morgan fingerprint density at radius 1 is 1.30 bits per heavy atom. The van der Waals surface area contributed by atoms with Gasteiger partial charge in [0.15, 0.2) is 0 Å². The van der Waals surface area contributed by atoms with Crippen molar-refractivity contribution in [1.29, 1.82) is 0 Å². The normalized spacial score (nSPS) is 20.2. The number of ether oxygens (including phenoxy) is 1. The molecular formula is C18H21N3O2. The largest absolute Gasteiger partial charge is 0.373 e. The molecule has 0 spiro atoms.